The minimum Gasteiger partial charge on any atom is -0.376 e. The molecule has 1 aromatic rings. The van der Waals surface area contributed by atoms with Crippen LogP contribution in [0.25, 0.3) is 0 Å². The molecule has 1 rings (SSSR count). The number of carbonyl (C=O) groups is 1. The molecule has 16 heavy (non-hydrogen) atoms. The molecule has 0 aliphatic heterocycles. The molecule has 0 radical (unpaired) electrons. The first-order chi connectivity index (χ1) is 7.76. The van der Waals surface area contributed by atoms with Crippen LogP contribution in [-0.2, 0) is 4.79 Å². The Balaban J connectivity index is 2.38. The number of carbonyl (C=O) groups excluding carboxylic acids is 1. The van der Waals surface area contributed by atoms with Crippen LogP contribution in [0.2, 0.25) is 0 Å². The highest BCUT2D eigenvalue weighted by Gasteiger charge is 1.99. The van der Waals surface area contributed by atoms with Gasteiger partial charge in [-0.05, 0) is 30.9 Å². The smallest absolute Gasteiger partial charge is 0.239 e. The van der Waals surface area contributed by atoms with Crippen LogP contribution in [0.4, 0.5) is 5.69 Å². The van der Waals surface area contributed by atoms with Crippen LogP contribution in [0.15, 0.2) is 29.2 Å². The fourth-order valence-corrected chi connectivity index (χ4v) is 1.70. The van der Waals surface area contributed by atoms with Crippen LogP contribution in [0, 0.1) is 0 Å². The number of rotatable bonds is 6. The van der Waals surface area contributed by atoms with Gasteiger partial charge in [0.15, 0.2) is 0 Å². The molecular weight excluding hydrogens is 220 g/mol. The summed E-state index contributed by atoms with van der Waals surface area (Å²) in [6, 6.07) is 8.04. The minimum atomic E-state index is 0.0383. The SMILES string of the molecule is CCCNC(=O)CNc1cccc(SC)c1. The van der Waals surface area contributed by atoms with E-state index in [9.17, 15) is 4.79 Å². The molecule has 0 saturated heterocycles. The zero-order chi connectivity index (χ0) is 11.8. The predicted octanol–water partition coefficient (Wildman–Crippen LogP) is 2.35. The number of nitrogens with one attached hydrogen (secondary N) is 2. The van der Waals surface area contributed by atoms with Crippen LogP contribution in [0.3, 0.4) is 0 Å². The third-order valence-electron chi connectivity index (χ3n) is 2.09. The fourth-order valence-electron chi connectivity index (χ4n) is 1.24. The minimum absolute atomic E-state index is 0.0383. The van der Waals surface area contributed by atoms with E-state index in [0.29, 0.717) is 6.54 Å². The maximum Gasteiger partial charge on any atom is 0.239 e. The first-order valence-electron chi connectivity index (χ1n) is 5.41. The van der Waals surface area contributed by atoms with Gasteiger partial charge in [0.25, 0.3) is 0 Å². The van der Waals surface area contributed by atoms with Gasteiger partial charge < -0.3 is 10.6 Å². The molecule has 0 spiro atoms. The molecule has 2 N–H and O–H groups in total. The molecule has 1 aromatic carbocycles. The van der Waals surface area contributed by atoms with Crippen LogP contribution in [-0.4, -0.2) is 25.3 Å². The normalized spacial score (nSPS) is 9.88. The topological polar surface area (TPSA) is 41.1 Å². The number of hydrogen-bond acceptors (Lipinski definition) is 3. The lowest BCUT2D eigenvalue weighted by Gasteiger charge is -2.07. The Hall–Kier alpha value is -1.16. The lowest BCUT2D eigenvalue weighted by molar-refractivity contribution is -0.119. The van der Waals surface area contributed by atoms with E-state index in [0.717, 1.165) is 18.7 Å². The second kappa shape index (κ2) is 7.17. The molecule has 1 amide bonds. The van der Waals surface area contributed by atoms with Crippen molar-refractivity contribution in [3.63, 3.8) is 0 Å². The van der Waals surface area contributed by atoms with Crippen molar-refractivity contribution in [3.05, 3.63) is 24.3 Å². The largest absolute Gasteiger partial charge is 0.376 e. The van der Waals surface area contributed by atoms with Gasteiger partial charge in [-0.15, -0.1) is 11.8 Å². The molecule has 4 heteroatoms. The highest BCUT2D eigenvalue weighted by atomic mass is 32.2. The first-order valence-corrected chi connectivity index (χ1v) is 6.63. The molecule has 0 aromatic heterocycles. The molecule has 88 valence electrons. The summed E-state index contributed by atoms with van der Waals surface area (Å²) >= 11 is 1.69. The van der Waals surface area contributed by atoms with Crippen LogP contribution in [0.1, 0.15) is 13.3 Å². The highest BCUT2D eigenvalue weighted by Crippen LogP contribution is 2.18. The third-order valence-corrected chi connectivity index (χ3v) is 2.82. The predicted molar refractivity (Wildman–Crippen MR) is 70.0 cm³/mol. The number of benzene rings is 1. The summed E-state index contributed by atoms with van der Waals surface area (Å²) in [5.74, 6) is 0.0383. The van der Waals surface area contributed by atoms with Gasteiger partial charge in [0, 0.05) is 17.1 Å². The van der Waals surface area contributed by atoms with E-state index in [1.807, 2.05) is 37.4 Å². The number of thioether (sulfide) groups is 1. The lowest BCUT2D eigenvalue weighted by Crippen LogP contribution is -2.30. The van der Waals surface area contributed by atoms with Crippen LogP contribution in [0.5, 0.6) is 0 Å². The van der Waals surface area contributed by atoms with Crippen molar-refractivity contribution in [2.75, 3.05) is 24.7 Å². The first kappa shape index (κ1) is 12.9. The van der Waals surface area contributed by atoms with Gasteiger partial charge in [-0.3, -0.25) is 4.79 Å². The standard InChI is InChI=1S/C12H18N2OS/c1-3-7-13-12(15)9-14-10-5-4-6-11(8-10)16-2/h4-6,8,14H,3,7,9H2,1-2H3,(H,13,15). The van der Waals surface area contributed by atoms with E-state index in [-0.39, 0.29) is 5.91 Å². The fraction of sp³-hybridized carbons (Fsp3) is 0.417. The molecule has 0 fully saturated rings. The van der Waals surface area contributed by atoms with E-state index in [1.165, 1.54) is 4.90 Å². The Morgan fingerprint density at radius 2 is 2.25 bits per heavy atom. The van der Waals surface area contributed by atoms with Crippen LogP contribution >= 0.6 is 11.8 Å². The van der Waals surface area contributed by atoms with Gasteiger partial charge in [-0.25, -0.2) is 0 Å². The summed E-state index contributed by atoms with van der Waals surface area (Å²) in [4.78, 5) is 12.5. The zero-order valence-corrected chi connectivity index (χ0v) is 10.6. The number of amides is 1. The quantitative estimate of drug-likeness (QED) is 0.747. The lowest BCUT2D eigenvalue weighted by atomic mass is 10.3. The Labute approximate surface area is 101 Å². The molecule has 0 aliphatic carbocycles. The van der Waals surface area contributed by atoms with E-state index < -0.39 is 0 Å². The Morgan fingerprint density at radius 3 is 2.94 bits per heavy atom. The molecule has 0 unspecified atom stereocenters. The van der Waals surface area contributed by atoms with E-state index in [2.05, 4.69) is 10.6 Å². The van der Waals surface area contributed by atoms with Gasteiger partial charge in [0.05, 0.1) is 6.54 Å². The van der Waals surface area contributed by atoms with Gasteiger partial charge in [0.2, 0.25) is 5.91 Å². The van der Waals surface area contributed by atoms with Gasteiger partial charge in [-0.1, -0.05) is 13.0 Å². The maximum absolute atomic E-state index is 11.4. The molecular formula is C12H18N2OS. The molecule has 0 atom stereocenters. The Kier molecular flexibility index (Phi) is 5.78. The van der Waals surface area contributed by atoms with Crippen molar-refractivity contribution >= 4 is 23.4 Å². The van der Waals surface area contributed by atoms with Crippen molar-refractivity contribution in [1.82, 2.24) is 5.32 Å². The van der Waals surface area contributed by atoms with Crippen LogP contribution < -0.4 is 10.6 Å². The molecule has 0 heterocycles. The Morgan fingerprint density at radius 1 is 1.44 bits per heavy atom. The van der Waals surface area contributed by atoms with Gasteiger partial charge >= 0.3 is 0 Å². The third kappa shape index (κ3) is 4.57. The van der Waals surface area contributed by atoms with Crippen molar-refractivity contribution in [2.45, 2.75) is 18.2 Å². The summed E-state index contributed by atoms with van der Waals surface area (Å²) in [6.45, 7) is 3.11. The summed E-state index contributed by atoms with van der Waals surface area (Å²) < 4.78 is 0. The van der Waals surface area contributed by atoms with Crippen molar-refractivity contribution < 1.29 is 4.79 Å². The van der Waals surface area contributed by atoms with Crippen molar-refractivity contribution in [1.29, 1.82) is 0 Å². The Bertz CT molecular complexity index is 342. The second-order valence-electron chi connectivity index (χ2n) is 3.44. The number of anilines is 1. The summed E-state index contributed by atoms with van der Waals surface area (Å²) in [7, 11) is 0. The average Bonchev–Trinajstić information content (AvgIpc) is 2.34. The summed E-state index contributed by atoms with van der Waals surface area (Å²) in [6.07, 6.45) is 3.00. The zero-order valence-electron chi connectivity index (χ0n) is 9.75. The molecule has 3 nitrogen and oxygen atoms in total. The average molecular weight is 238 g/mol. The van der Waals surface area contributed by atoms with Crippen molar-refractivity contribution in [2.24, 2.45) is 0 Å². The maximum atomic E-state index is 11.4. The summed E-state index contributed by atoms with van der Waals surface area (Å²) in [5, 5.41) is 5.93. The van der Waals surface area contributed by atoms with E-state index in [4.69, 9.17) is 0 Å². The number of hydrogen-bond donors (Lipinski definition) is 2. The van der Waals surface area contributed by atoms with Crippen molar-refractivity contribution in [3.8, 4) is 0 Å². The molecule has 0 aliphatic rings. The van der Waals surface area contributed by atoms with Gasteiger partial charge in [-0.2, -0.15) is 0 Å². The van der Waals surface area contributed by atoms with E-state index in [1.54, 1.807) is 11.8 Å². The van der Waals surface area contributed by atoms with Gasteiger partial charge in [0.1, 0.15) is 0 Å². The highest BCUT2D eigenvalue weighted by molar-refractivity contribution is 7.98. The summed E-state index contributed by atoms with van der Waals surface area (Å²) in [5.41, 5.74) is 0.985. The van der Waals surface area contributed by atoms with E-state index >= 15 is 0 Å². The molecule has 0 bridgehead atoms. The monoisotopic (exact) mass is 238 g/mol. The molecule has 0 saturated carbocycles. The second-order valence-corrected chi connectivity index (χ2v) is 4.32.